The normalized spacial score (nSPS) is 27.1. The first-order valence-electron chi connectivity index (χ1n) is 15.9. The van der Waals surface area contributed by atoms with E-state index in [9.17, 15) is 14.7 Å². The summed E-state index contributed by atoms with van der Waals surface area (Å²) in [5.41, 5.74) is 3.52. The lowest BCUT2D eigenvalue weighted by atomic mass is 9.64. The number of methoxy groups -OCH3 is 1. The number of aliphatic hydroxyl groups excluding tert-OH is 1. The van der Waals surface area contributed by atoms with Gasteiger partial charge in [0, 0.05) is 28.0 Å². The summed E-state index contributed by atoms with van der Waals surface area (Å²) < 4.78 is 11.8. The molecule has 1 N–H and O–H groups in total. The molecule has 7 rings (SSSR count). The number of ether oxygens (including phenoxy) is 2. The number of benzene rings is 2. The van der Waals surface area contributed by atoms with Gasteiger partial charge in [-0.2, -0.15) is 0 Å². The van der Waals surface area contributed by atoms with Crippen molar-refractivity contribution in [2.45, 2.75) is 82.8 Å². The summed E-state index contributed by atoms with van der Waals surface area (Å²) in [4.78, 5) is 30.8. The Balaban J connectivity index is 1.40. The van der Waals surface area contributed by atoms with Gasteiger partial charge in [-0.1, -0.05) is 36.8 Å². The Morgan fingerprint density at radius 3 is 2.70 bits per heavy atom. The van der Waals surface area contributed by atoms with E-state index >= 15 is 0 Å². The molecule has 4 atom stereocenters. The van der Waals surface area contributed by atoms with Crippen LogP contribution in [-0.2, 0) is 17.6 Å². The lowest BCUT2D eigenvalue weighted by Crippen LogP contribution is -2.48. The lowest BCUT2D eigenvalue weighted by molar-refractivity contribution is -0.0372. The second kappa shape index (κ2) is 12.5. The number of aliphatic hydroxyl groups is 1. The average Bonchev–Trinajstić information content (AvgIpc) is 3.73. The van der Waals surface area contributed by atoms with Gasteiger partial charge in [0.05, 0.1) is 19.8 Å². The summed E-state index contributed by atoms with van der Waals surface area (Å²) in [5.74, 6) is 0.694. The van der Waals surface area contributed by atoms with Crippen LogP contribution in [0.1, 0.15) is 90.2 Å². The molecule has 3 aromatic rings. The fourth-order valence-electron chi connectivity index (χ4n) is 7.75. The molecule has 232 valence electrons. The molecular weight excluding hydrogens is 570 g/mol. The fraction of sp³-hybridized carbons (Fsp3) is 0.459. The molecule has 2 heterocycles. The van der Waals surface area contributed by atoms with Gasteiger partial charge in [0.25, 0.3) is 0 Å². The van der Waals surface area contributed by atoms with Gasteiger partial charge < -0.3 is 19.5 Å². The molecule has 2 fully saturated rings. The quantitative estimate of drug-likeness (QED) is 0.228. The van der Waals surface area contributed by atoms with Crippen LogP contribution in [-0.4, -0.2) is 53.8 Å². The zero-order valence-corrected chi connectivity index (χ0v) is 26.8. The van der Waals surface area contributed by atoms with Crippen molar-refractivity contribution in [3.8, 4) is 5.75 Å². The molecule has 0 radical (unpaired) electrons. The highest BCUT2D eigenvalue weighted by molar-refractivity contribution is 7.09. The molecule has 1 saturated heterocycles. The van der Waals surface area contributed by atoms with Crippen LogP contribution in [0.3, 0.4) is 0 Å². The van der Waals surface area contributed by atoms with Crippen molar-refractivity contribution in [2.24, 2.45) is 5.41 Å². The first-order chi connectivity index (χ1) is 21.2. The van der Waals surface area contributed by atoms with Gasteiger partial charge in [-0.05, 0) is 117 Å². The molecule has 44 heavy (non-hydrogen) atoms. The van der Waals surface area contributed by atoms with Crippen molar-refractivity contribution in [1.82, 2.24) is 4.90 Å². The molecule has 6 nitrogen and oxygen atoms in total. The Morgan fingerprint density at radius 1 is 1.14 bits per heavy atom. The number of allylic oxidation sites excluding steroid dienone is 2. The summed E-state index contributed by atoms with van der Waals surface area (Å²) >= 11 is 1.72. The highest BCUT2D eigenvalue weighted by atomic mass is 32.1. The van der Waals surface area contributed by atoms with E-state index in [1.54, 1.807) is 18.4 Å². The van der Waals surface area contributed by atoms with Crippen molar-refractivity contribution in [3.63, 3.8) is 0 Å². The Bertz CT molecular complexity index is 1530. The Hall–Kier alpha value is -3.42. The largest absolute Gasteiger partial charge is 0.497 e. The fourth-order valence-corrected chi connectivity index (χ4v) is 8.45. The molecule has 1 amide bonds. The molecule has 1 spiro atoms. The van der Waals surface area contributed by atoms with Crippen LogP contribution >= 0.6 is 11.3 Å². The van der Waals surface area contributed by atoms with Crippen molar-refractivity contribution in [3.05, 3.63) is 98.8 Å². The van der Waals surface area contributed by atoms with Crippen molar-refractivity contribution in [1.29, 1.82) is 0 Å². The predicted octanol–water partition coefficient (Wildman–Crippen LogP) is 7.73. The van der Waals surface area contributed by atoms with Gasteiger partial charge in [-0.25, -0.2) is 4.79 Å². The number of thiophene rings is 1. The molecule has 1 saturated carbocycles. The molecular formula is C37H43NO5S. The number of hydrogen-bond acceptors (Lipinski definition) is 6. The van der Waals surface area contributed by atoms with E-state index < -0.39 is 11.7 Å². The number of hydrogen-bond donors (Lipinski definition) is 1. The number of carbonyl (C=O) groups is 2. The first kappa shape index (κ1) is 30.6. The van der Waals surface area contributed by atoms with E-state index in [2.05, 4.69) is 43.5 Å². The summed E-state index contributed by atoms with van der Waals surface area (Å²) in [5, 5.41) is 12.9. The van der Waals surface area contributed by atoms with Crippen molar-refractivity contribution < 1.29 is 24.2 Å². The van der Waals surface area contributed by atoms with Crippen LogP contribution in [0.2, 0.25) is 0 Å². The minimum Gasteiger partial charge on any atom is -0.497 e. The minimum absolute atomic E-state index is 0.0281. The second-order valence-electron chi connectivity index (χ2n) is 13.1. The second-order valence-corrected chi connectivity index (χ2v) is 14.1. The van der Waals surface area contributed by atoms with Gasteiger partial charge in [0.1, 0.15) is 11.4 Å². The highest BCUT2D eigenvalue weighted by Gasteiger charge is 2.63. The maximum absolute atomic E-state index is 14.2. The summed E-state index contributed by atoms with van der Waals surface area (Å²) in [6, 6.07) is 17.6. The number of rotatable bonds is 6. The van der Waals surface area contributed by atoms with Crippen LogP contribution in [0.4, 0.5) is 4.79 Å². The summed E-state index contributed by atoms with van der Waals surface area (Å²) in [6.07, 6.45) is 7.68. The highest BCUT2D eigenvalue weighted by Crippen LogP contribution is 2.61. The number of fused-ring (bicyclic) bond motifs is 8. The van der Waals surface area contributed by atoms with E-state index in [0.717, 1.165) is 49.7 Å². The molecule has 7 heteroatoms. The average molecular weight is 614 g/mol. The topological polar surface area (TPSA) is 76.1 Å². The molecule has 3 aliphatic carbocycles. The SMILES string of the molecule is COc1ccc(C(=O)c2cc3ccc2C2CCC4(CN(CCc5cccs5)C(=O)O4)C2(C)CCC=C(C)CCC(O)C3)cc1. The standard InChI is InChI=1S/C37H43NO5S/c1-25-6-4-18-36(2)33(16-19-37(36)24-38(35(41)43-37)20-17-30-7-5-21-44-30)31-15-9-26(22-28(39)12-8-25)23-32(31)34(40)27-10-13-29(42-3)14-11-27/h5-7,9-11,13-15,21,23,28,33,39H,4,8,12,16-20,22,24H2,1-3H3. The summed E-state index contributed by atoms with van der Waals surface area (Å²) in [6.45, 7) is 5.64. The lowest BCUT2D eigenvalue weighted by Gasteiger charge is -2.43. The molecule has 1 aromatic heterocycles. The Morgan fingerprint density at radius 2 is 1.95 bits per heavy atom. The first-order valence-corrected chi connectivity index (χ1v) is 16.7. The Kier molecular flexibility index (Phi) is 8.71. The van der Waals surface area contributed by atoms with E-state index in [0.29, 0.717) is 42.8 Å². The van der Waals surface area contributed by atoms with Crippen LogP contribution < -0.4 is 4.74 Å². The number of amides is 1. The van der Waals surface area contributed by atoms with Crippen LogP contribution in [0.5, 0.6) is 5.75 Å². The monoisotopic (exact) mass is 613 g/mol. The van der Waals surface area contributed by atoms with E-state index in [1.165, 1.54) is 10.5 Å². The molecule has 2 aromatic carbocycles. The maximum atomic E-state index is 14.2. The molecule has 4 unspecified atom stereocenters. The van der Waals surface area contributed by atoms with Gasteiger partial charge in [0.2, 0.25) is 0 Å². The third-order valence-corrected chi connectivity index (χ3v) is 11.4. The zero-order valence-electron chi connectivity index (χ0n) is 26.0. The molecule has 1 aliphatic heterocycles. The van der Waals surface area contributed by atoms with E-state index in [1.807, 2.05) is 41.3 Å². The maximum Gasteiger partial charge on any atom is 0.410 e. The summed E-state index contributed by atoms with van der Waals surface area (Å²) in [7, 11) is 1.62. The van der Waals surface area contributed by atoms with Crippen molar-refractivity contribution >= 4 is 23.2 Å². The third kappa shape index (κ3) is 5.84. The predicted molar refractivity (Wildman–Crippen MR) is 174 cm³/mol. The third-order valence-electron chi connectivity index (χ3n) is 10.4. The van der Waals surface area contributed by atoms with Crippen LogP contribution in [0.15, 0.2) is 71.6 Å². The van der Waals surface area contributed by atoms with E-state index in [4.69, 9.17) is 9.47 Å². The van der Waals surface area contributed by atoms with Crippen LogP contribution in [0.25, 0.3) is 0 Å². The minimum atomic E-state index is -0.627. The smallest absolute Gasteiger partial charge is 0.410 e. The van der Waals surface area contributed by atoms with E-state index in [-0.39, 0.29) is 23.2 Å². The van der Waals surface area contributed by atoms with Gasteiger partial charge in [-0.3, -0.25) is 4.79 Å². The number of nitrogens with zero attached hydrogens (tertiary/aromatic N) is 1. The van der Waals surface area contributed by atoms with Gasteiger partial charge in [0.15, 0.2) is 5.78 Å². The van der Waals surface area contributed by atoms with Gasteiger partial charge >= 0.3 is 6.09 Å². The van der Waals surface area contributed by atoms with Gasteiger partial charge in [-0.15, -0.1) is 11.3 Å². The van der Waals surface area contributed by atoms with Crippen LogP contribution in [0, 0.1) is 5.41 Å². The number of ketones is 1. The molecule has 2 bridgehead atoms. The zero-order chi connectivity index (χ0) is 30.9. The molecule has 4 aliphatic rings. The van der Waals surface area contributed by atoms with Crippen molar-refractivity contribution in [2.75, 3.05) is 20.2 Å². The number of carbonyl (C=O) groups excluding carboxylic acids is 2. The Labute approximate surface area is 264 Å².